The number of anilines is 1. The summed E-state index contributed by atoms with van der Waals surface area (Å²) < 4.78 is 0. The molecule has 0 unspecified atom stereocenters. The fourth-order valence-corrected chi connectivity index (χ4v) is 2.36. The van der Waals surface area contributed by atoms with Gasteiger partial charge in [-0.3, -0.25) is 9.89 Å². The summed E-state index contributed by atoms with van der Waals surface area (Å²) in [6.07, 6.45) is 5.08. The zero-order valence-electron chi connectivity index (χ0n) is 9.96. The second kappa shape index (κ2) is 5.07. The molecule has 0 aliphatic heterocycles. The Morgan fingerprint density at radius 2 is 2.32 bits per heavy atom. The number of fused-ring (bicyclic) bond motifs is 1. The standard InChI is InChI=1S/C14H11N3OS/c18-14(6-5-12-2-1-7-19-12)16-11-4-3-10-9-15-17-13(10)8-11/h1-9H,(H,15,17)(H,16,18)/b6-5+. The smallest absolute Gasteiger partial charge is 0.248 e. The van der Waals surface area contributed by atoms with Crippen LogP contribution in [0.3, 0.4) is 0 Å². The molecule has 4 nitrogen and oxygen atoms in total. The van der Waals surface area contributed by atoms with Gasteiger partial charge in [-0.1, -0.05) is 6.07 Å². The fraction of sp³-hybridized carbons (Fsp3) is 0. The molecular weight excluding hydrogens is 258 g/mol. The fourth-order valence-electron chi connectivity index (χ4n) is 1.74. The first-order valence-corrected chi connectivity index (χ1v) is 6.65. The van der Waals surface area contributed by atoms with Gasteiger partial charge >= 0.3 is 0 Å². The summed E-state index contributed by atoms with van der Waals surface area (Å²) >= 11 is 1.59. The molecule has 2 heterocycles. The predicted molar refractivity (Wildman–Crippen MR) is 78.1 cm³/mol. The second-order valence-corrected chi connectivity index (χ2v) is 4.99. The van der Waals surface area contributed by atoms with Crippen LogP contribution in [0.15, 0.2) is 48.0 Å². The van der Waals surface area contributed by atoms with E-state index in [0.717, 1.165) is 21.5 Å². The van der Waals surface area contributed by atoms with Gasteiger partial charge in [-0.05, 0) is 35.7 Å². The van der Waals surface area contributed by atoms with E-state index >= 15 is 0 Å². The Hall–Kier alpha value is -2.40. The van der Waals surface area contributed by atoms with E-state index in [1.165, 1.54) is 6.08 Å². The lowest BCUT2D eigenvalue weighted by Crippen LogP contribution is -2.07. The monoisotopic (exact) mass is 269 g/mol. The highest BCUT2D eigenvalue weighted by molar-refractivity contribution is 7.10. The predicted octanol–water partition coefficient (Wildman–Crippen LogP) is 3.28. The number of H-pyrrole nitrogens is 1. The molecule has 0 bridgehead atoms. The first-order valence-electron chi connectivity index (χ1n) is 5.77. The molecule has 19 heavy (non-hydrogen) atoms. The average molecular weight is 269 g/mol. The van der Waals surface area contributed by atoms with Crippen LogP contribution in [0.2, 0.25) is 0 Å². The summed E-state index contributed by atoms with van der Waals surface area (Å²) in [6.45, 7) is 0. The molecular formula is C14H11N3OS. The van der Waals surface area contributed by atoms with Gasteiger partial charge in [-0.15, -0.1) is 11.3 Å². The van der Waals surface area contributed by atoms with Crippen molar-refractivity contribution in [3.63, 3.8) is 0 Å². The Morgan fingerprint density at radius 1 is 1.37 bits per heavy atom. The van der Waals surface area contributed by atoms with E-state index in [1.807, 2.05) is 35.7 Å². The Morgan fingerprint density at radius 3 is 3.16 bits per heavy atom. The molecule has 0 saturated heterocycles. The summed E-state index contributed by atoms with van der Waals surface area (Å²) in [5, 5.41) is 12.6. The second-order valence-electron chi connectivity index (χ2n) is 4.01. The van der Waals surface area contributed by atoms with E-state index < -0.39 is 0 Å². The highest BCUT2D eigenvalue weighted by Crippen LogP contribution is 2.16. The van der Waals surface area contributed by atoms with Gasteiger partial charge in [0.05, 0.1) is 11.7 Å². The summed E-state index contributed by atoms with van der Waals surface area (Å²) in [5.41, 5.74) is 1.65. The molecule has 0 aliphatic carbocycles. The van der Waals surface area contributed by atoms with Crippen LogP contribution in [0.4, 0.5) is 5.69 Å². The largest absolute Gasteiger partial charge is 0.322 e. The average Bonchev–Trinajstić information content (AvgIpc) is 3.07. The maximum atomic E-state index is 11.8. The number of carbonyl (C=O) groups is 1. The third-order valence-corrected chi connectivity index (χ3v) is 3.49. The minimum absolute atomic E-state index is 0.146. The van der Waals surface area contributed by atoms with Gasteiger partial charge in [-0.2, -0.15) is 5.10 Å². The van der Waals surface area contributed by atoms with Crippen molar-refractivity contribution in [1.82, 2.24) is 10.2 Å². The van der Waals surface area contributed by atoms with Crippen molar-refractivity contribution in [2.45, 2.75) is 0 Å². The van der Waals surface area contributed by atoms with Crippen LogP contribution in [0.25, 0.3) is 17.0 Å². The minimum atomic E-state index is -0.146. The van der Waals surface area contributed by atoms with Gasteiger partial charge < -0.3 is 5.32 Å². The van der Waals surface area contributed by atoms with Crippen LogP contribution in [0.1, 0.15) is 4.88 Å². The zero-order chi connectivity index (χ0) is 13.1. The number of hydrogen-bond acceptors (Lipinski definition) is 3. The molecule has 2 N–H and O–H groups in total. The maximum absolute atomic E-state index is 11.8. The van der Waals surface area contributed by atoms with Crippen LogP contribution in [-0.4, -0.2) is 16.1 Å². The third-order valence-electron chi connectivity index (χ3n) is 2.65. The number of hydrogen-bond donors (Lipinski definition) is 2. The van der Waals surface area contributed by atoms with E-state index in [-0.39, 0.29) is 5.91 Å². The molecule has 3 rings (SSSR count). The normalized spacial score (nSPS) is 11.2. The maximum Gasteiger partial charge on any atom is 0.248 e. The van der Waals surface area contributed by atoms with E-state index in [2.05, 4.69) is 15.5 Å². The number of rotatable bonds is 3. The first kappa shape index (κ1) is 11.7. The third kappa shape index (κ3) is 2.71. The molecule has 94 valence electrons. The first-order chi connectivity index (χ1) is 9.31. The molecule has 5 heteroatoms. The lowest BCUT2D eigenvalue weighted by molar-refractivity contribution is -0.111. The van der Waals surface area contributed by atoms with Gasteiger partial charge in [0.25, 0.3) is 0 Å². The highest BCUT2D eigenvalue weighted by atomic mass is 32.1. The molecule has 0 spiro atoms. The van der Waals surface area contributed by atoms with E-state index in [4.69, 9.17) is 0 Å². The highest BCUT2D eigenvalue weighted by Gasteiger charge is 2.00. The lowest BCUT2D eigenvalue weighted by atomic mass is 10.2. The van der Waals surface area contributed by atoms with Crippen LogP contribution >= 0.6 is 11.3 Å². The van der Waals surface area contributed by atoms with Crippen molar-refractivity contribution in [1.29, 1.82) is 0 Å². The Bertz CT molecular complexity index is 728. The number of amides is 1. The van der Waals surface area contributed by atoms with Crippen LogP contribution < -0.4 is 5.32 Å². The van der Waals surface area contributed by atoms with Crippen LogP contribution in [0, 0.1) is 0 Å². The van der Waals surface area contributed by atoms with Crippen LogP contribution in [-0.2, 0) is 4.79 Å². The lowest BCUT2D eigenvalue weighted by Gasteiger charge is -2.01. The van der Waals surface area contributed by atoms with E-state index in [0.29, 0.717) is 0 Å². The Kier molecular flexibility index (Phi) is 3.12. The number of nitrogens with zero attached hydrogens (tertiary/aromatic N) is 1. The molecule has 1 aromatic carbocycles. The van der Waals surface area contributed by atoms with Crippen molar-refractivity contribution in [2.24, 2.45) is 0 Å². The minimum Gasteiger partial charge on any atom is -0.322 e. The van der Waals surface area contributed by atoms with Crippen molar-refractivity contribution in [2.75, 3.05) is 5.32 Å². The molecule has 0 radical (unpaired) electrons. The van der Waals surface area contributed by atoms with E-state index in [1.54, 1.807) is 23.6 Å². The number of nitrogens with one attached hydrogen (secondary N) is 2. The van der Waals surface area contributed by atoms with Gasteiger partial charge in [-0.25, -0.2) is 0 Å². The summed E-state index contributed by atoms with van der Waals surface area (Å²) in [5.74, 6) is -0.146. The molecule has 3 aromatic rings. The Balaban J connectivity index is 1.71. The summed E-state index contributed by atoms with van der Waals surface area (Å²) in [7, 11) is 0. The zero-order valence-corrected chi connectivity index (χ0v) is 10.8. The van der Waals surface area contributed by atoms with Crippen molar-refractivity contribution in [3.05, 3.63) is 52.9 Å². The van der Waals surface area contributed by atoms with Gasteiger partial charge in [0.2, 0.25) is 5.91 Å². The number of carbonyl (C=O) groups excluding carboxylic acids is 1. The topological polar surface area (TPSA) is 57.8 Å². The SMILES string of the molecule is O=C(/C=C/c1cccs1)Nc1ccc2cn[nH]c2c1. The quantitative estimate of drug-likeness (QED) is 0.717. The van der Waals surface area contributed by atoms with Crippen molar-refractivity contribution >= 4 is 39.9 Å². The Labute approximate surface area is 113 Å². The van der Waals surface area contributed by atoms with Crippen molar-refractivity contribution < 1.29 is 4.79 Å². The van der Waals surface area contributed by atoms with Gasteiger partial charge in [0, 0.05) is 22.0 Å². The molecule has 0 atom stereocenters. The van der Waals surface area contributed by atoms with Crippen molar-refractivity contribution in [3.8, 4) is 0 Å². The molecule has 2 aromatic heterocycles. The molecule has 0 fully saturated rings. The summed E-state index contributed by atoms with van der Waals surface area (Å²) in [6, 6.07) is 9.55. The van der Waals surface area contributed by atoms with Gasteiger partial charge in [0.1, 0.15) is 0 Å². The summed E-state index contributed by atoms with van der Waals surface area (Å²) in [4.78, 5) is 12.8. The number of thiophene rings is 1. The molecule has 0 aliphatic rings. The molecule has 0 saturated carbocycles. The molecule has 1 amide bonds. The number of aromatic nitrogens is 2. The van der Waals surface area contributed by atoms with E-state index in [9.17, 15) is 4.79 Å². The van der Waals surface area contributed by atoms with Crippen LogP contribution in [0.5, 0.6) is 0 Å². The van der Waals surface area contributed by atoms with Gasteiger partial charge in [0.15, 0.2) is 0 Å². The number of benzene rings is 1. The number of aromatic amines is 1.